The van der Waals surface area contributed by atoms with Crippen molar-refractivity contribution >= 4 is 5.97 Å². The molecular weight excluding hydrogens is 454 g/mol. The van der Waals surface area contributed by atoms with Crippen LogP contribution >= 0.6 is 0 Å². The summed E-state index contributed by atoms with van der Waals surface area (Å²) in [6, 6.07) is 31.2. The van der Waals surface area contributed by atoms with Gasteiger partial charge < -0.3 is 19.1 Å². The van der Waals surface area contributed by atoms with E-state index in [0.717, 1.165) is 16.7 Å². The molecule has 184 valence electrons. The van der Waals surface area contributed by atoms with Crippen molar-refractivity contribution < 1.29 is 19.4 Å². The maximum atomic E-state index is 12.6. The number of ether oxygens (including phenoxy) is 2. The maximum Gasteiger partial charge on any atom is 0.303 e. The first-order valence-electron chi connectivity index (χ1n) is 12.0. The molecule has 0 aliphatic rings. The molecule has 0 saturated heterocycles. The van der Waals surface area contributed by atoms with E-state index in [1.807, 2.05) is 60.8 Å². The zero-order valence-corrected chi connectivity index (χ0v) is 20.0. The number of pyridine rings is 1. The number of carboxylic acids is 1. The minimum absolute atomic E-state index is 0.00938. The Bertz CT molecular complexity index is 1280. The molecule has 4 rings (SSSR count). The van der Waals surface area contributed by atoms with Crippen molar-refractivity contribution in [3.8, 4) is 11.5 Å². The van der Waals surface area contributed by atoms with Gasteiger partial charge in [-0.15, -0.1) is 0 Å². The summed E-state index contributed by atoms with van der Waals surface area (Å²) in [5.41, 5.74) is 3.26. The molecule has 0 aliphatic carbocycles. The molecule has 1 aromatic heterocycles. The number of carbonyl (C=O) groups is 1. The van der Waals surface area contributed by atoms with Gasteiger partial charge in [-0.3, -0.25) is 9.59 Å². The highest BCUT2D eigenvalue weighted by Crippen LogP contribution is 2.31. The standard InChI is InChI=1S/C30H29NO5/c32-28-17-16-25(30(23-9-3-1-4-10-23)24-11-5-2-6-12-24)22-31(28)18-20-36-27-14-7-13-26(21-27)35-19-8-15-29(33)34/h1-7,9-14,16-17,21-22,30H,8,15,18-20H2,(H,33,34). The van der Waals surface area contributed by atoms with E-state index in [2.05, 4.69) is 24.3 Å². The van der Waals surface area contributed by atoms with Gasteiger partial charge in [-0.25, -0.2) is 0 Å². The second kappa shape index (κ2) is 12.4. The number of hydrogen-bond donors (Lipinski definition) is 1. The van der Waals surface area contributed by atoms with Gasteiger partial charge in [-0.2, -0.15) is 0 Å². The minimum atomic E-state index is -0.839. The number of aliphatic carboxylic acids is 1. The first-order chi connectivity index (χ1) is 17.6. The molecule has 0 aliphatic heterocycles. The van der Waals surface area contributed by atoms with Gasteiger partial charge in [0.15, 0.2) is 0 Å². The molecule has 0 unspecified atom stereocenters. The van der Waals surface area contributed by atoms with Crippen molar-refractivity contribution in [1.82, 2.24) is 4.57 Å². The van der Waals surface area contributed by atoms with Crippen LogP contribution in [0.25, 0.3) is 0 Å². The molecule has 0 fully saturated rings. The van der Waals surface area contributed by atoms with Crippen LogP contribution in [0, 0.1) is 0 Å². The Morgan fingerprint density at radius 3 is 1.97 bits per heavy atom. The summed E-state index contributed by atoms with van der Waals surface area (Å²) in [4.78, 5) is 23.2. The molecule has 4 aromatic rings. The largest absolute Gasteiger partial charge is 0.493 e. The van der Waals surface area contributed by atoms with E-state index < -0.39 is 5.97 Å². The van der Waals surface area contributed by atoms with Crippen LogP contribution in [-0.2, 0) is 11.3 Å². The van der Waals surface area contributed by atoms with Crippen molar-refractivity contribution in [2.24, 2.45) is 0 Å². The van der Waals surface area contributed by atoms with E-state index in [1.54, 1.807) is 22.8 Å². The second-order valence-electron chi connectivity index (χ2n) is 8.42. The van der Waals surface area contributed by atoms with Crippen LogP contribution in [0.5, 0.6) is 11.5 Å². The molecular formula is C30H29NO5. The van der Waals surface area contributed by atoms with Crippen LogP contribution in [0.1, 0.15) is 35.4 Å². The van der Waals surface area contributed by atoms with Gasteiger partial charge in [0, 0.05) is 30.7 Å². The third-order valence-corrected chi connectivity index (χ3v) is 5.82. The van der Waals surface area contributed by atoms with E-state index >= 15 is 0 Å². The predicted octanol–water partition coefficient (Wildman–Crippen LogP) is 5.35. The van der Waals surface area contributed by atoms with Crippen molar-refractivity contribution in [2.75, 3.05) is 13.2 Å². The molecule has 3 aromatic carbocycles. The number of nitrogens with zero attached hydrogens (tertiary/aromatic N) is 1. The highest BCUT2D eigenvalue weighted by atomic mass is 16.5. The van der Waals surface area contributed by atoms with Gasteiger partial charge >= 0.3 is 5.97 Å². The normalized spacial score (nSPS) is 10.8. The highest BCUT2D eigenvalue weighted by Gasteiger charge is 2.17. The third kappa shape index (κ3) is 6.85. The number of rotatable bonds is 12. The third-order valence-electron chi connectivity index (χ3n) is 5.82. The fourth-order valence-corrected chi connectivity index (χ4v) is 4.09. The van der Waals surface area contributed by atoms with Crippen LogP contribution in [0.3, 0.4) is 0 Å². The molecule has 0 bridgehead atoms. The average Bonchev–Trinajstić information content (AvgIpc) is 2.90. The monoisotopic (exact) mass is 483 g/mol. The van der Waals surface area contributed by atoms with E-state index in [4.69, 9.17) is 14.6 Å². The smallest absolute Gasteiger partial charge is 0.303 e. The van der Waals surface area contributed by atoms with Crippen LogP contribution in [0.4, 0.5) is 0 Å². The quantitative estimate of drug-likeness (QED) is 0.275. The van der Waals surface area contributed by atoms with Crippen molar-refractivity contribution in [3.63, 3.8) is 0 Å². The van der Waals surface area contributed by atoms with Gasteiger partial charge in [0.2, 0.25) is 0 Å². The molecule has 1 heterocycles. The van der Waals surface area contributed by atoms with Crippen LogP contribution in [-0.4, -0.2) is 28.9 Å². The molecule has 0 spiro atoms. The molecule has 6 nitrogen and oxygen atoms in total. The maximum absolute atomic E-state index is 12.6. The molecule has 0 radical (unpaired) electrons. The van der Waals surface area contributed by atoms with Crippen molar-refractivity contribution in [1.29, 1.82) is 0 Å². The fraction of sp³-hybridized carbons (Fsp3) is 0.200. The molecule has 0 saturated carbocycles. The van der Waals surface area contributed by atoms with Crippen LogP contribution in [0.15, 0.2) is 108 Å². The summed E-state index contributed by atoms with van der Waals surface area (Å²) >= 11 is 0. The molecule has 0 atom stereocenters. The number of hydrogen-bond acceptors (Lipinski definition) is 4. The van der Waals surface area contributed by atoms with Gasteiger partial charge in [-0.1, -0.05) is 72.8 Å². The Balaban J connectivity index is 1.44. The summed E-state index contributed by atoms with van der Waals surface area (Å²) in [6.07, 6.45) is 2.42. The first kappa shape index (κ1) is 24.8. The highest BCUT2D eigenvalue weighted by molar-refractivity contribution is 5.66. The number of benzene rings is 3. The lowest BCUT2D eigenvalue weighted by atomic mass is 9.86. The Hall–Kier alpha value is -4.32. The Labute approximate surface area is 210 Å². The zero-order valence-electron chi connectivity index (χ0n) is 20.0. The lowest BCUT2D eigenvalue weighted by Gasteiger charge is -2.20. The summed E-state index contributed by atoms with van der Waals surface area (Å²) in [5, 5.41) is 8.73. The topological polar surface area (TPSA) is 77.8 Å². The van der Waals surface area contributed by atoms with Gasteiger partial charge in [-0.05, 0) is 35.2 Å². The molecule has 6 heteroatoms. The van der Waals surface area contributed by atoms with Gasteiger partial charge in [0.25, 0.3) is 5.56 Å². The van der Waals surface area contributed by atoms with E-state index in [9.17, 15) is 9.59 Å². The molecule has 36 heavy (non-hydrogen) atoms. The Morgan fingerprint density at radius 2 is 1.36 bits per heavy atom. The average molecular weight is 484 g/mol. The fourth-order valence-electron chi connectivity index (χ4n) is 4.09. The zero-order chi connectivity index (χ0) is 25.2. The summed E-state index contributed by atoms with van der Waals surface area (Å²) in [7, 11) is 0. The van der Waals surface area contributed by atoms with Crippen molar-refractivity contribution in [3.05, 3.63) is 130 Å². The van der Waals surface area contributed by atoms with E-state index in [0.29, 0.717) is 37.7 Å². The summed E-state index contributed by atoms with van der Waals surface area (Å²) < 4.78 is 13.2. The number of aromatic nitrogens is 1. The Kier molecular flexibility index (Phi) is 8.54. The summed E-state index contributed by atoms with van der Waals surface area (Å²) in [5.74, 6) is 0.413. The van der Waals surface area contributed by atoms with Gasteiger partial charge in [0.05, 0.1) is 13.2 Å². The lowest BCUT2D eigenvalue weighted by molar-refractivity contribution is -0.137. The predicted molar refractivity (Wildman–Crippen MR) is 139 cm³/mol. The van der Waals surface area contributed by atoms with Crippen LogP contribution in [0.2, 0.25) is 0 Å². The number of carboxylic acid groups (broad SMARTS) is 1. The van der Waals surface area contributed by atoms with Gasteiger partial charge in [0.1, 0.15) is 18.1 Å². The van der Waals surface area contributed by atoms with Crippen molar-refractivity contribution in [2.45, 2.75) is 25.3 Å². The molecule has 0 amide bonds. The SMILES string of the molecule is O=C(O)CCCOc1cccc(OCCn2cc(C(c3ccccc3)c3ccccc3)ccc2=O)c1. The molecule has 1 N–H and O–H groups in total. The summed E-state index contributed by atoms with van der Waals surface area (Å²) in [6.45, 7) is 1.03. The lowest BCUT2D eigenvalue weighted by Crippen LogP contribution is -2.23. The Morgan fingerprint density at radius 1 is 0.750 bits per heavy atom. The minimum Gasteiger partial charge on any atom is -0.493 e. The van der Waals surface area contributed by atoms with Crippen LogP contribution < -0.4 is 15.0 Å². The van der Waals surface area contributed by atoms with E-state index in [1.165, 1.54) is 0 Å². The van der Waals surface area contributed by atoms with E-state index in [-0.39, 0.29) is 17.9 Å². The second-order valence-corrected chi connectivity index (χ2v) is 8.42. The first-order valence-corrected chi connectivity index (χ1v) is 12.0.